The Morgan fingerprint density at radius 2 is 1.92 bits per heavy atom. The van der Waals surface area contributed by atoms with Gasteiger partial charge in [-0.15, -0.1) is 0 Å². The number of fused-ring (bicyclic) bond motifs is 1. The zero-order valence-electron chi connectivity index (χ0n) is 15.0. The maximum absolute atomic E-state index is 14.8. The second-order valence-electron chi connectivity index (χ2n) is 7.19. The third-order valence-electron chi connectivity index (χ3n) is 4.80. The van der Waals surface area contributed by atoms with Crippen LogP contribution in [0.15, 0.2) is 42.5 Å². The van der Waals surface area contributed by atoms with Crippen LogP contribution in [-0.4, -0.2) is 24.6 Å². The van der Waals surface area contributed by atoms with E-state index in [-0.39, 0.29) is 23.8 Å². The van der Waals surface area contributed by atoms with Crippen LogP contribution in [0.1, 0.15) is 31.4 Å². The Kier molecular flexibility index (Phi) is 4.59. The normalized spacial score (nSPS) is 24.0. The van der Waals surface area contributed by atoms with Crippen LogP contribution in [0.5, 0.6) is 11.5 Å². The third kappa shape index (κ3) is 3.55. The minimum absolute atomic E-state index is 0.125. The first-order chi connectivity index (χ1) is 12.5. The van der Waals surface area contributed by atoms with Gasteiger partial charge in [0.2, 0.25) is 0 Å². The van der Waals surface area contributed by atoms with Crippen molar-refractivity contribution in [3.8, 4) is 11.5 Å². The van der Waals surface area contributed by atoms with Gasteiger partial charge in [0.15, 0.2) is 17.4 Å². The fourth-order valence-corrected chi connectivity index (χ4v) is 3.44. The van der Waals surface area contributed by atoms with Crippen LogP contribution in [0, 0.1) is 5.82 Å². The van der Waals surface area contributed by atoms with Crippen molar-refractivity contribution in [1.29, 1.82) is 0 Å². The molecule has 0 bridgehead atoms. The second kappa shape index (κ2) is 6.89. The molecule has 5 heteroatoms. The topological polar surface area (TPSA) is 36.9 Å². The van der Waals surface area contributed by atoms with E-state index < -0.39 is 5.79 Å². The summed E-state index contributed by atoms with van der Waals surface area (Å²) in [5.74, 6) is -0.0922. The summed E-state index contributed by atoms with van der Waals surface area (Å²) >= 11 is 0. The van der Waals surface area contributed by atoms with Crippen LogP contribution in [0.4, 0.5) is 4.39 Å². The summed E-state index contributed by atoms with van der Waals surface area (Å²) in [7, 11) is 0. The number of halogens is 1. The molecule has 0 saturated carbocycles. The molecule has 2 aliphatic rings. The summed E-state index contributed by atoms with van der Waals surface area (Å²) in [5.41, 5.74) is 1.58. The Hall–Kier alpha value is -2.11. The average molecular weight is 358 g/mol. The summed E-state index contributed by atoms with van der Waals surface area (Å²) in [4.78, 5) is 0. The Morgan fingerprint density at radius 1 is 1.12 bits per heavy atom. The lowest BCUT2D eigenvalue weighted by Crippen LogP contribution is -2.38. The SMILES string of the molecule is CC1(C)OC[C@@H]([C@H]2CCc3c(ccc(OCc4ccccc4)c3F)O2)O1. The van der Waals surface area contributed by atoms with Gasteiger partial charge in [0.25, 0.3) is 0 Å². The fourth-order valence-electron chi connectivity index (χ4n) is 3.44. The van der Waals surface area contributed by atoms with E-state index in [1.165, 1.54) is 0 Å². The Morgan fingerprint density at radius 3 is 2.65 bits per heavy atom. The van der Waals surface area contributed by atoms with Crippen molar-refractivity contribution < 1.29 is 23.3 Å². The van der Waals surface area contributed by atoms with Crippen LogP contribution in [-0.2, 0) is 22.5 Å². The van der Waals surface area contributed by atoms with Crippen LogP contribution >= 0.6 is 0 Å². The molecule has 0 amide bonds. The zero-order chi connectivity index (χ0) is 18.1. The molecule has 0 radical (unpaired) electrons. The van der Waals surface area contributed by atoms with Crippen molar-refractivity contribution in [2.24, 2.45) is 0 Å². The average Bonchev–Trinajstić information content (AvgIpc) is 3.02. The molecule has 4 rings (SSSR count). The largest absolute Gasteiger partial charge is 0.487 e. The number of benzene rings is 2. The van der Waals surface area contributed by atoms with Gasteiger partial charge in [0.1, 0.15) is 24.6 Å². The molecular formula is C21H23FO4. The summed E-state index contributed by atoms with van der Waals surface area (Å²) in [6.45, 7) is 4.61. The van der Waals surface area contributed by atoms with Crippen LogP contribution < -0.4 is 9.47 Å². The number of rotatable bonds is 4. The maximum Gasteiger partial charge on any atom is 0.171 e. The molecule has 1 saturated heterocycles. The van der Waals surface area contributed by atoms with Gasteiger partial charge < -0.3 is 18.9 Å². The molecule has 0 aliphatic carbocycles. The molecule has 26 heavy (non-hydrogen) atoms. The molecule has 4 nitrogen and oxygen atoms in total. The lowest BCUT2D eigenvalue weighted by atomic mass is 9.98. The quantitative estimate of drug-likeness (QED) is 0.819. The number of hydrogen-bond donors (Lipinski definition) is 0. The molecule has 138 valence electrons. The van der Waals surface area contributed by atoms with E-state index in [1.54, 1.807) is 12.1 Å². The molecule has 2 heterocycles. The summed E-state index contributed by atoms with van der Waals surface area (Å²) < 4.78 is 38.0. The molecular weight excluding hydrogens is 335 g/mol. The van der Waals surface area contributed by atoms with Gasteiger partial charge in [-0.05, 0) is 44.4 Å². The van der Waals surface area contributed by atoms with Crippen molar-refractivity contribution in [2.75, 3.05) is 6.61 Å². The Balaban J connectivity index is 1.45. The molecule has 1 fully saturated rings. The van der Waals surface area contributed by atoms with Crippen molar-refractivity contribution in [3.05, 3.63) is 59.4 Å². The van der Waals surface area contributed by atoms with Gasteiger partial charge in [0, 0.05) is 5.56 Å². The van der Waals surface area contributed by atoms with Gasteiger partial charge in [-0.1, -0.05) is 30.3 Å². The third-order valence-corrected chi connectivity index (χ3v) is 4.80. The molecule has 2 aromatic rings. The Labute approximate surface area is 152 Å². The van der Waals surface area contributed by atoms with Crippen LogP contribution in [0.3, 0.4) is 0 Å². The van der Waals surface area contributed by atoms with E-state index in [9.17, 15) is 4.39 Å². The number of hydrogen-bond acceptors (Lipinski definition) is 4. The van der Waals surface area contributed by atoms with Gasteiger partial charge in [-0.3, -0.25) is 0 Å². The van der Waals surface area contributed by atoms with Crippen LogP contribution in [0.25, 0.3) is 0 Å². The highest BCUT2D eigenvalue weighted by Gasteiger charge is 2.40. The van der Waals surface area contributed by atoms with Gasteiger partial charge in [0.05, 0.1) is 6.61 Å². The monoisotopic (exact) mass is 358 g/mol. The predicted molar refractivity (Wildman–Crippen MR) is 94.8 cm³/mol. The second-order valence-corrected chi connectivity index (χ2v) is 7.19. The first-order valence-corrected chi connectivity index (χ1v) is 8.98. The molecule has 2 aromatic carbocycles. The molecule has 0 unspecified atom stereocenters. The van der Waals surface area contributed by atoms with Crippen molar-refractivity contribution in [2.45, 2.75) is 51.3 Å². The summed E-state index contributed by atoms with van der Waals surface area (Å²) in [5, 5.41) is 0. The van der Waals surface area contributed by atoms with E-state index >= 15 is 0 Å². The fraction of sp³-hybridized carbons (Fsp3) is 0.429. The predicted octanol–water partition coefficient (Wildman–Crippen LogP) is 4.25. The zero-order valence-corrected chi connectivity index (χ0v) is 15.0. The maximum atomic E-state index is 14.8. The Bertz CT molecular complexity index is 775. The van der Waals surface area contributed by atoms with Gasteiger partial charge >= 0.3 is 0 Å². The number of ether oxygens (including phenoxy) is 4. The van der Waals surface area contributed by atoms with E-state index in [0.717, 1.165) is 5.56 Å². The first kappa shape index (κ1) is 17.3. The molecule has 0 N–H and O–H groups in total. The molecule has 0 spiro atoms. The molecule has 2 aliphatic heterocycles. The van der Waals surface area contributed by atoms with E-state index in [2.05, 4.69) is 0 Å². The summed E-state index contributed by atoms with van der Waals surface area (Å²) in [6, 6.07) is 13.1. The van der Waals surface area contributed by atoms with Crippen LogP contribution in [0.2, 0.25) is 0 Å². The minimum atomic E-state index is -0.589. The first-order valence-electron chi connectivity index (χ1n) is 8.98. The van der Waals surface area contributed by atoms with Gasteiger partial charge in [-0.2, -0.15) is 0 Å². The van der Waals surface area contributed by atoms with E-state index in [1.807, 2.05) is 44.2 Å². The van der Waals surface area contributed by atoms with Gasteiger partial charge in [-0.25, -0.2) is 4.39 Å². The standard InChI is InChI=1S/C21H23FO4/c1-21(2)24-13-19(26-21)17-9-8-15-16(25-17)10-11-18(20(15)22)23-12-14-6-4-3-5-7-14/h3-7,10-11,17,19H,8-9,12-13H2,1-2H3/t17-,19+/m1/s1. The highest BCUT2D eigenvalue weighted by Crippen LogP contribution is 2.37. The van der Waals surface area contributed by atoms with E-state index in [0.29, 0.717) is 37.4 Å². The summed E-state index contributed by atoms with van der Waals surface area (Å²) in [6.07, 6.45) is 1.03. The lowest BCUT2D eigenvalue weighted by molar-refractivity contribution is -0.149. The smallest absolute Gasteiger partial charge is 0.171 e. The van der Waals surface area contributed by atoms with Crippen molar-refractivity contribution in [1.82, 2.24) is 0 Å². The van der Waals surface area contributed by atoms with E-state index in [4.69, 9.17) is 18.9 Å². The molecule has 2 atom stereocenters. The minimum Gasteiger partial charge on any atom is -0.487 e. The lowest BCUT2D eigenvalue weighted by Gasteiger charge is -2.30. The highest BCUT2D eigenvalue weighted by atomic mass is 19.1. The van der Waals surface area contributed by atoms with Crippen molar-refractivity contribution in [3.63, 3.8) is 0 Å². The molecule has 0 aromatic heterocycles. The highest BCUT2D eigenvalue weighted by molar-refractivity contribution is 5.43. The van der Waals surface area contributed by atoms with Crippen molar-refractivity contribution >= 4 is 0 Å².